The van der Waals surface area contributed by atoms with E-state index in [-0.39, 0.29) is 11.3 Å². The number of rotatable bonds is 7. The Kier molecular flexibility index (Phi) is 6.69. The van der Waals surface area contributed by atoms with Crippen molar-refractivity contribution < 1.29 is 4.79 Å². The molecule has 4 heteroatoms. The largest absolute Gasteiger partial charge is 0.295 e. The molecule has 1 aliphatic rings. The van der Waals surface area contributed by atoms with Gasteiger partial charge in [-0.1, -0.05) is 62.6 Å². The van der Waals surface area contributed by atoms with E-state index in [9.17, 15) is 4.79 Å². The van der Waals surface area contributed by atoms with E-state index in [1.54, 1.807) is 11.9 Å². The number of unbranched alkanes of at least 4 members (excludes halogenated alkanes) is 5. The van der Waals surface area contributed by atoms with E-state index in [2.05, 4.69) is 6.92 Å². The van der Waals surface area contributed by atoms with E-state index in [0.717, 1.165) is 13.0 Å². The highest BCUT2D eigenvalue weighted by atomic mass is 35.5. The van der Waals surface area contributed by atoms with Crippen LogP contribution in [0, 0.1) is 0 Å². The normalized spacial score (nSPS) is 22.5. The molecule has 1 atom stereocenters. The first-order valence-electron chi connectivity index (χ1n) is 5.82. The van der Waals surface area contributed by atoms with Crippen molar-refractivity contribution in [2.45, 2.75) is 50.9 Å². The maximum Gasteiger partial charge on any atom is 0.177 e. The van der Waals surface area contributed by atoms with Gasteiger partial charge >= 0.3 is 0 Å². The molecule has 1 heterocycles. The van der Waals surface area contributed by atoms with Gasteiger partial charge in [-0.3, -0.25) is 4.79 Å². The predicted molar refractivity (Wildman–Crippen MR) is 67.2 cm³/mol. The van der Waals surface area contributed by atoms with Crippen LogP contribution < -0.4 is 0 Å². The number of hydrogen-bond donors (Lipinski definition) is 0. The molecule has 88 valence electrons. The molecule has 0 aliphatic carbocycles. The van der Waals surface area contributed by atoms with E-state index < -0.39 is 0 Å². The Morgan fingerprint density at radius 2 is 2.00 bits per heavy atom. The molecule has 1 fully saturated rings. The van der Waals surface area contributed by atoms with Crippen LogP contribution in [0.2, 0.25) is 0 Å². The molecule has 0 saturated carbocycles. The second-order valence-electron chi connectivity index (χ2n) is 3.98. The van der Waals surface area contributed by atoms with Gasteiger partial charge in [0.05, 0.1) is 5.75 Å². The summed E-state index contributed by atoms with van der Waals surface area (Å²) < 4.78 is 2.02. The standard InChI is InChI=1S/C11H20ClNOS/c1-2-3-4-5-6-7-8-13-11(12)10(14)9-15-13/h11H,2-9H2,1H3. The number of carbonyl (C=O) groups excluding carboxylic acids is 1. The number of halogens is 1. The minimum atomic E-state index is -0.370. The van der Waals surface area contributed by atoms with Crippen molar-refractivity contribution in [3.63, 3.8) is 0 Å². The average molecular weight is 250 g/mol. The zero-order valence-corrected chi connectivity index (χ0v) is 10.9. The summed E-state index contributed by atoms with van der Waals surface area (Å²) >= 11 is 7.53. The number of nitrogens with zero attached hydrogens (tertiary/aromatic N) is 1. The molecule has 0 bridgehead atoms. The number of Topliss-reactive ketones (excluding diaryl/α,β-unsaturated/α-hetero) is 1. The van der Waals surface area contributed by atoms with Crippen molar-refractivity contribution in [1.82, 2.24) is 4.31 Å². The zero-order chi connectivity index (χ0) is 11.1. The van der Waals surface area contributed by atoms with E-state index in [1.807, 2.05) is 4.31 Å². The molecule has 0 aromatic heterocycles. The van der Waals surface area contributed by atoms with Crippen LogP contribution in [-0.4, -0.2) is 27.9 Å². The maximum atomic E-state index is 11.2. The lowest BCUT2D eigenvalue weighted by molar-refractivity contribution is -0.117. The zero-order valence-electron chi connectivity index (χ0n) is 9.38. The molecule has 0 aromatic rings. The van der Waals surface area contributed by atoms with Gasteiger partial charge in [0.1, 0.15) is 0 Å². The van der Waals surface area contributed by atoms with Gasteiger partial charge in [-0.05, 0) is 6.42 Å². The average Bonchev–Trinajstić information content (AvgIpc) is 2.54. The molecule has 0 amide bonds. The molecular formula is C11H20ClNOS. The summed E-state index contributed by atoms with van der Waals surface area (Å²) in [6.45, 7) is 3.18. The molecule has 1 saturated heterocycles. The van der Waals surface area contributed by atoms with Gasteiger partial charge in [-0.2, -0.15) is 0 Å². The third kappa shape index (κ3) is 4.75. The Balaban J connectivity index is 1.98. The molecule has 0 aromatic carbocycles. The Labute approximate surface area is 102 Å². The fourth-order valence-corrected chi connectivity index (χ4v) is 3.06. The quantitative estimate of drug-likeness (QED) is 0.298. The van der Waals surface area contributed by atoms with Crippen molar-refractivity contribution in [2.75, 3.05) is 12.3 Å². The second-order valence-corrected chi connectivity index (χ2v) is 5.41. The first-order valence-corrected chi connectivity index (χ1v) is 7.20. The van der Waals surface area contributed by atoms with Crippen molar-refractivity contribution >= 4 is 29.3 Å². The van der Waals surface area contributed by atoms with Crippen molar-refractivity contribution in [1.29, 1.82) is 0 Å². The van der Waals surface area contributed by atoms with E-state index in [0.29, 0.717) is 5.75 Å². The number of alkyl halides is 1. The summed E-state index contributed by atoms with van der Waals surface area (Å²) in [4.78, 5) is 11.2. The Bertz CT molecular complexity index is 201. The van der Waals surface area contributed by atoms with Crippen LogP contribution in [0.3, 0.4) is 0 Å². The maximum absolute atomic E-state index is 11.2. The minimum absolute atomic E-state index is 0.160. The summed E-state index contributed by atoms with van der Waals surface area (Å²) in [6, 6.07) is 0. The lowest BCUT2D eigenvalue weighted by atomic mass is 10.1. The highest BCUT2D eigenvalue weighted by molar-refractivity contribution is 7.98. The fourth-order valence-electron chi connectivity index (χ4n) is 1.67. The fraction of sp³-hybridized carbons (Fsp3) is 0.909. The predicted octanol–water partition coefficient (Wildman–Crippen LogP) is 3.44. The Morgan fingerprint density at radius 3 is 2.60 bits per heavy atom. The van der Waals surface area contributed by atoms with Crippen LogP contribution in [0.5, 0.6) is 0 Å². The van der Waals surface area contributed by atoms with Gasteiger partial charge in [0.25, 0.3) is 0 Å². The number of carbonyl (C=O) groups is 1. The Hall–Kier alpha value is 0.270. The topological polar surface area (TPSA) is 20.3 Å². The molecule has 1 unspecified atom stereocenters. The van der Waals surface area contributed by atoms with Gasteiger partial charge in [-0.15, -0.1) is 0 Å². The molecular weight excluding hydrogens is 230 g/mol. The van der Waals surface area contributed by atoms with Gasteiger partial charge in [0, 0.05) is 6.54 Å². The summed E-state index contributed by atoms with van der Waals surface area (Å²) in [5.74, 6) is 0.719. The molecule has 0 N–H and O–H groups in total. The van der Waals surface area contributed by atoms with Gasteiger partial charge in [-0.25, -0.2) is 4.31 Å². The number of ketones is 1. The van der Waals surface area contributed by atoms with E-state index in [1.165, 1.54) is 32.1 Å². The van der Waals surface area contributed by atoms with Crippen LogP contribution in [0.4, 0.5) is 0 Å². The molecule has 15 heavy (non-hydrogen) atoms. The lowest BCUT2D eigenvalue weighted by Gasteiger charge is -2.15. The van der Waals surface area contributed by atoms with E-state index in [4.69, 9.17) is 11.6 Å². The minimum Gasteiger partial charge on any atom is -0.295 e. The highest BCUT2D eigenvalue weighted by Crippen LogP contribution is 2.27. The van der Waals surface area contributed by atoms with Crippen molar-refractivity contribution in [3.05, 3.63) is 0 Å². The van der Waals surface area contributed by atoms with Gasteiger partial charge < -0.3 is 0 Å². The van der Waals surface area contributed by atoms with Crippen molar-refractivity contribution in [3.8, 4) is 0 Å². The third-order valence-corrected chi connectivity index (χ3v) is 4.36. The summed E-state index contributed by atoms with van der Waals surface area (Å²) in [5.41, 5.74) is -0.370. The summed E-state index contributed by atoms with van der Waals surface area (Å²) in [6.07, 6.45) is 7.71. The summed E-state index contributed by atoms with van der Waals surface area (Å²) in [7, 11) is 0. The first-order chi connectivity index (χ1) is 7.25. The van der Waals surface area contributed by atoms with Crippen LogP contribution in [0.25, 0.3) is 0 Å². The van der Waals surface area contributed by atoms with E-state index >= 15 is 0 Å². The van der Waals surface area contributed by atoms with Crippen LogP contribution >= 0.6 is 23.5 Å². The van der Waals surface area contributed by atoms with Crippen molar-refractivity contribution in [2.24, 2.45) is 0 Å². The first kappa shape index (κ1) is 13.3. The lowest BCUT2D eigenvalue weighted by Crippen LogP contribution is -2.25. The molecule has 1 rings (SSSR count). The summed E-state index contributed by atoms with van der Waals surface area (Å²) in [5, 5.41) is 0. The third-order valence-electron chi connectivity index (χ3n) is 2.62. The molecule has 0 radical (unpaired) electrons. The van der Waals surface area contributed by atoms with Crippen LogP contribution in [0.15, 0.2) is 0 Å². The van der Waals surface area contributed by atoms with Crippen LogP contribution in [-0.2, 0) is 4.79 Å². The molecule has 0 spiro atoms. The Morgan fingerprint density at radius 1 is 1.33 bits per heavy atom. The smallest absolute Gasteiger partial charge is 0.177 e. The molecule has 1 aliphatic heterocycles. The second kappa shape index (κ2) is 7.53. The SMILES string of the molecule is CCCCCCCCN1SCC(=O)C1Cl. The van der Waals surface area contributed by atoms with Gasteiger partial charge in [0.2, 0.25) is 0 Å². The molecule has 2 nitrogen and oxygen atoms in total. The highest BCUT2D eigenvalue weighted by Gasteiger charge is 2.30. The van der Waals surface area contributed by atoms with Crippen LogP contribution in [0.1, 0.15) is 45.4 Å². The number of hydrogen-bond acceptors (Lipinski definition) is 3. The monoisotopic (exact) mass is 249 g/mol. The van der Waals surface area contributed by atoms with Gasteiger partial charge in [0.15, 0.2) is 11.3 Å².